The second-order valence-electron chi connectivity index (χ2n) is 7.89. The van der Waals surface area contributed by atoms with Gasteiger partial charge in [-0.3, -0.25) is 4.79 Å². The van der Waals surface area contributed by atoms with E-state index in [1.807, 2.05) is 11.1 Å². The molecule has 3 heterocycles. The third kappa shape index (κ3) is 3.73. The molecule has 3 aromatic rings. The molecule has 8 heteroatoms. The largest absolute Gasteiger partial charge is 0.343 e. The zero-order chi connectivity index (χ0) is 19.8. The lowest BCUT2D eigenvalue weighted by Crippen LogP contribution is -2.50. The Hall–Kier alpha value is -2.48. The topological polar surface area (TPSA) is 53.7 Å². The minimum Gasteiger partial charge on any atom is -0.343 e. The predicted octanol–water partition coefficient (Wildman–Crippen LogP) is 3.83. The Labute approximate surface area is 173 Å². The normalized spacial score (nSPS) is 18.5. The van der Waals surface area contributed by atoms with Gasteiger partial charge in [-0.05, 0) is 37.1 Å². The SMILES string of the molecule is O=C(C1CCCCC1)N1CCN(c2nn3cc(-c4ccc(F)cc4)nc3s2)CC1. The molecule has 0 unspecified atom stereocenters. The molecule has 1 saturated heterocycles. The molecule has 0 spiro atoms. The second kappa shape index (κ2) is 7.74. The predicted molar refractivity (Wildman–Crippen MR) is 112 cm³/mol. The highest BCUT2D eigenvalue weighted by atomic mass is 32.1. The molecule has 1 amide bonds. The second-order valence-corrected chi connectivity index (χ2v) is 8.83. The molecule has 1 aliphatic carbocycles. The maximum Gasteiger partial charge on any atom is 0.225 e. The summed E-state index contributed by atoms with van der Waals surface area (Å²) in [5.74, 6) is 0.335. The Morgan fingerprint density at radius 3 is 2.45 bits per heavy atom. The number of benzene rings is 1. The minimum absolute atomic E-state index is 0.239. The van der Waals surface area contributed by atoms with E-state index in [4.69, 9.17) is 0 Å². The fraction of sp³-hybridized carbons (Fsp3) is 0.476. The zero-order valence-corrected chi connectivity index (χ0v) is 17.1. The third-order valence-corrected chi connectivity index (χ3v) is 6.97. The average molecular weight is 414 g/mol. The van der Waals surface area contributed by atoms with E-state index in [9.17, 15) is 9.18 Å². The minimum atomic E-state index is -0.253. The van der Waals surface area contributed by atoms with E-state index >= 15 is 0 Å². The van der Waals surface area contributed by atoms with E-state index in [1.54, 1.807) is 28.0 Å². The van der Waals surface area contributed by atoms with Crippen LogP contribution in [-0.2, 0) is 4.79 Å². The van der Waals surface area contributed by atoms with Crippen molar-refractivity contribution < 1.29 is 9.18 Å². The summed E-state index contributed by atoms with van der Waals surface area (Å²) in [5, 5.41) is 5.61. The highest BCUT2D eigenvalue weighted by Crippen LogP contribution is 2.29. The van der Waals surface area contributed by atoms with Gasteiger partial charge in [0.05, 0.1) is 11.9 Å². The Balaban J connectivity index is 1.24. The van der Waals surface area contributed by atoms with Crippen molar-refractivity contribution in [2.45, 2.75) is 32.1 Å². The first-order chi connectivity index (χ1) is 14.2. The molecule has 29 heavy (non-hydrogen) atoms. The van der Waals surface area contributed by atoms with Gasteiger partial charge in [0.2, 0.25) is 16.0 Å². The molecule has 1 aliphatic heterocycles. The number of hydrogen-bond acceptors (Lipinski definition) is 5. The number of halogens is 1. The number of carbonyl (C=O) groups excluding carboxylic acids is 1. The number of hydrogen-bond donors (Lipinski definition) is 0. The average Bonchev–Trinajstić information content (AvgIpc) is 3.34. The van der Waals surface area contributed by atoms with Crippen LogP contribution in [0.4, 0.5) is 9.52 Å². The van der Waals surface area contributed by atoms with Gasteiger partial charge in [-0.2, -0.15) is 0 Å². The summed E-state index contributed by atoms with van der Waals surface area (Å²) in [5.41, 5.74) is 1.67. The van der Waals surface area contributed by atoms with E-state index in [-0.39, 0.29) is 11.7 Å². The van der Waals surface area contributed by atoms with Gasteiger partial charge in [0.25, 0.3) is 0 Å². The van der Waals surface area contributed by atoms with Gasteiger partial charge < -0.3 is 9.80 Å². The van der Waals surface area contributed by atoms with Gasteiger partial charge >= 0.3 is 0 Å². The lowest BCUT2D eigenvalue weighted by molar-refractivity contribution is -0.136. The van der Waals surface area contributed by atoms with Crippen LogP contribution in [0, 0.1) is 11.7 Å². The number of aromatic nitrogens is 3. The number of carbonyl (C=O) groups is 1. The van der Waals surface area contributed by atoms with Crippen LogP contribution in [0.3, 0.4) is 0 Å². The van der Waals surface area contributed by atoms with Gasteiger partial charge in [0.1, 0.15) is 5.82 Å². The molecule has 2 aromatic heterocycles. The van der Waals surface area contributed by atoms with Crippen molar-refractivity contribution in [3.8, 4) is 11.3 Å². The van der Waals surface area contributed by atoms with Crippen molar-refractivity contribution in [3.05, 3.63) is 36.3 Å². The van der Waals surface area contributed by atoms with E-state index in [0.29, 0.717) is 5.91 Å². The van der Waals surface area contributed by atoms with Crippen molar-refractivity contribution in [2.24, 2.45) is 5.92 Å². The lowest BCUT2D eigenvalue weighted by atomic mass is 9.88. The lowest BCUT2D eigenvalue weighted by Gasteiger charge is -2.36. The Morgan fingerprint density at radius 2 is 1.76 bits per heavy atom. The quantitative estimate of drug-likeness (QED) is 0.655. The van der Waals surface area contributed by atoms with Crippen LogP contribution in [0.2, 0.25) is 0 Å². The number of amides is 1. The first-order valence-electron chi connectivity index (χ1n) is 10.3. The molecular weight excluding hydrogens is 389 g/mol. The van der Waals surface area contributed by atoms with Crippen LogP contribution < -0.4 is 4.90 Å². The fourth-order valence-corrected chi connectivity index (χ4v) is 5.24. The van der Waals surface area contributed by atoms with Gasteiger partial charge in [0.15, 0.2) is 0 Å². The summed E-state index contributed by atoms with van der Waals surface area (Å²) in [7, 11) is 0. The van der Waals surface area contributed by atoms with Crippen LogP contribution in [0.5, 0.6) is 0 Å². The third-order valence-electron chi connectivity index (χ3n) is 5.99. The molecule has 0 atom stereocenters. The van der Waals surface area contributed by atoms with Crippen LogP contribution in [0.25, 0.3) is 16.2 Å². The molecule has 2 aliphatic rings. The van der Waals surface area contributed by atoms with Crippen molar-refractivity contribution in [1.82, 2.24) is 19.5 Å². The van der Waals surface area contributed by atoms with Crippen LogP contribution in [0.1, 0.15) is 32.1 Å². The zero-order valence-electron chi connectivity index (χ0n) is 16.3. The molecule has 1 saturated carbocycles. The molecule has 0 N–H and O–H groups in total. The number of nitrogens with zero attached hydrogens (tertiary/aromatic N) is 5. The van der Waals surface area contributed by atoms with Crippen LogP contribution in [0.15, 0.2) is 30.5 Å². The highest BCUT2D eigenvalue weighted by molar-refractivity contribution is 7.20. The number of anilines is 1. The first-order valence-corrected chi connectivity index (χ1v) is 11.1. The van der Waals surface area contributed by atoms with Gasteiger partial charge in [-0.25, -0.2) is 13.9 Å². The molecule has 0 bridgehead atoms. The molecule has 1 aromatic carbocycles. The molecule has 2 fully saturated rings. The Bertz CT molecular complexity index is 968. The monoisotopic (exact) mass is 413 g/mol. The molecule has 0 radical (unpaired) electrons. The Morgan fingerprint density at radius 1 is 1.03 bits per heavy atom. The summed E-state index contributed by atoms with van der Waals surface area (Å²) in [4.78, 5) is 22.5. The standard InChI is InChI=1S/C21H24FN5OS/c22-17-8-6-15(7-9-17)18-14-27-20(23-18)29-21(24-27)26-12-10-25(11-13-26)19(28)16-4-2-1-3-5-16/h6-9,14,16H,1-5,10-13H2. The van der Waals surface area contributed by atoms with Crippen molar-refractivity contribution in [1.29, 1.82) is 0 Å². The summed E-state index contributed by atoms with van der Waals surface area (Å²) < 4.78 is 14.9. The van der Waals surface area contributed by atoms with Gasteiger partial charge in [-0.1, -0.05) is 30.6 Å². The summed E-state index contributed by atoms with van der Waals surface area (Å²) in [6, 6.07) is 6.34. The molecule has 152 valence electrons. The van der Waals surface area contributed by atoms with Crippen molar-refractivity contribution >= 4 is 27.3 Å². The van der Waals surface area contributed by atoms with Crippen LogP contribution >= 0.6 is 11.3 Å². The number of imidazole rings is 1. The Kier molecular flexibility index (Phi) is 4.95. The van der Waals surface area contributed by atoms with Gasteiger partial charge in [0, 0.05) is 37.7 Å². The summed E-state index contributed by atoms with van der Waals surface area (Å²) in [6.45, 7) is 3.13. The smallest absolute Gasteiger partial charge is 0.225 e. The molecule has 5 rings (SSSR count). The van der Waals surface area contributed by atoms with Crippen molar-refractivity contribution in [2.75, 3.05) is 31.1 Å². The molecule has 6 nitrogen and oxygen atoms in total. The highest BCUT2D eigenvalue weighted by Gasteiger charge is 2.29. The summed E-state index contributed by atoms with van der Waals surface area (Å²) >= 11 is 1.55. The number of fused-ring (bicyclic) bond motifs is 1. The maximum atomic E-state index is 13.1. The fourth-order valence-electron chi connectivity index (χ4n) is 4.30. The first kappa shape index (κ1) is 18.5. The van der Waals surface area contributed by atoms with E-state index in [1.165, 1.54) is 31.4 Å². The summed E-state index contributed by atoms with van der Waals surface area (Å²) in [6.07, 6.45) is 7.64. The van der Waals surface area contributed by atoms with Gasteiger partial charge in [-0.15, -0.1) is 5.10 Å². The van der Waals surface area contributed by atoms with E-state index < -0.39 is 0 Å². The number of piperazine rings is 1. The molecular formula is C21H24FN5OS. The van der Waals surface area contributed by atoms with E-state index in [0.717, 1.165) is 60.4 Å². The number of rotatable bonds is 3. The van der Waals surface area contributed by atoms with E-state index in [2.05, 4.69) is 15.0 Å². The van der Waals surface area contributed by atoms with Crippen LogP contribution in [-0.4, -0.2) is 51.6 Å². The maximum absolute atomic E-state index is 13.1. The van der Waals surface area contributed by atoms with Crippen molar-refractivity contribution in [3.63, 3.8) is 0 Å².